The fourth-order valence-corrected chi connectivity index (χ4v) is 1.50. The van der Waals surface area contributed by atoms with Gasteiger partial charge in [0.1, 0.15) is 0 Å². The number of thioether (sulfide) groups is 1. The van der Waals surface area contributed by atoms with Gasteiger partial charge in [-0.25, -0.2) is 0 Å². The molecule has 0 fully saturated rings. The normalized spacial score (nSPS) is 11.5. The standard InChI is InChI=1S/C11H24N2OS/c1-11(2,3)13-9-10(14)12-7-5-6-8-15-4/h13H,5-9H2,1-4H3,(H,12,14). The van der Waals surface area contributed by atoms with E-state index in [2.05, 4.69) is 37.7 Å². The van der Waals surface area contributed by atoms with Crippen molar-refractivity contribution >= 4 is 17.7 Å². The molecule has 0 aliphatic carbocycles. The summed E-state index contributed by atoms with van der Waals surface area (Å²) in [6.07, 6.45) is 4.35. The van der Waals surface area contributed by atoms with Crippen LogP contribution in [0.1, 0.15) is 33.6 Å². The fourth-order valence-electron chi connectivity index (χ4n) is 1.01. The summed E-state index contributed by atoms with van der Waals surface area (Å²) in [4.78, 5) is 11.3. The molecule has 0 aromatic heterocycles. The first-order valence-corrected chi connectivity index (χ1v) is 6.86. The molecule has 0 radical (unpaired) electrons. The van der Waals surface area contributed by atoms with Crippen molar-refractivity contribution in [1.82, 2.24) is 10.6 Å². The average Bonchev–Trinajstić information content (AvgIpc) is 2.13. The Labute approximate surface area is 97.8 Å². The van der Waals surface area contributed by atoms with Crippen LogP contribution in [0.15, 0.2) is 0 Å². The summed E-state index contributed by atoms with van der Waals surface area (Å²) in [5, 5.41) is 6.06. The summed E-state index contributed by atoms with van der Waals surface area (Å²) >= 11 is 1.85. The van der Waals surface area contributed by atoms with Crippen LogP contribution in [0.5, 0.6) is 0 Å². The van der Waals surface area contributed by atoms with Crippen LogP contribution in [0.25, 0.3) is 0 Å². The molecular formula is C11H24N2OS. The number of carbonyl (C=O) groups excluding carboxylic acids is 1. The number of amides is 1. The van der Waals surface area contributed by atoms with Crippen molar-refractivity contribution in [3.8, 4) is 0 Å². The van der Waals surface area contributed by atoms with E-state index in [1.54, 1.807) is 0 Å². The van der Waals surface area contributed by atoms with Crippen molar-refractivity contribution in [2.45, 2.75) is 39.2 Å². The van der Waals surface area contributed by atoms with Gasteiger partial charge in [0.25, 0.3) is 0 Å². The van der Waals surface area contributed by atoms with Crippen molar-refractivity contribution in [3.63, 3.8) is 0 Å². The van der Waals surface area contributed by atoms with Crippen molar-refractivity contribution in [1.29, 1.82) is 0 Å². The molecule has 2 N–H and O–H groups in total. The Morgan fingerprint density at radius 1 is 1.27 bits per heavy atom. The van der Waals surface area contributed by atoms with E-state index in [9.17, 15) is 4.79 Å². The van der Waals surface area contributed by atoms with E-state index in [0.717, 1.165) is 13.0 Å². The fraction of sp³-hybridized carbons (Fsp3) is 0.909. The maximum atomic E-state index is 11.3. The van der Waals surface area contributed by atoms with Gasteiger partial charge in [-0.1, -0.05) is 0 Å². The second-order valence-corrected chi connectivity index (χ2v) is 5.64. The highest BCUT2D eigenvalue weighted by Crippen LogP contribution is 1.98. The molecule has 90 valence electrons. The van der Waals surface area contributed by atoms with Gasteiger partial charge in [-0.2, -0.15) is 11.8 Å². The van der Waals surface area contributed by atoms with Crippen LogP contribution in [0.3, 0.4) is 0 Å². The summed E-state index contributed by atoms with van der Waals surface area (Å²) in [5.74, 6) is 1.27. The van der Waals surface area contributed by atoms with E-state index >= 15 is 0 Å². The summed E-state index contributed by atoms with van der Waals surface area (Å²) in [6.45, 7) is 7.37. The van der Waals surface area contributed by atoms with E-state index in [0.29, 0.717) is 6.54 Å². The molecule has 0 unspecified atom stereocenters. The van der Waals surface area contributed by atoms with Crippen LogP contribution in [0.2, 0.25) is 0 Å². The molecule has 0 aromatic rings. The molecule has 1 amide bonds. The van der Waals surface area contributed by atoms with Gasteiger partial charge in [0.05, 0.1) is 6.54 Å². The second kappa shape index (κ2) is 7.99. The minimum Gasteiger partial charge on any atom is -0.355 e. The molecule has 0 saturated carbocycles. The largest absolute Gasteiger partial charge is 0.355 e. The number of carbonyl (C=O) groups is 1. The van der Waals surface area contributed by atoms with Crippen molar-refractivity contribution in [3.05, 3.63) is 0 Å². The highest BCUT2D eigenvalue weighted by molar-refractivity contribution is 7.98. The third kappa shape index (κ3) is 11.7. The molecular weight excluding hydrogens is 208 g/mol. The Hall–Kier alpha value is -0.220. The summed E-state index contributed by atoms with van der Waals surface area (Å²) in [6, 6.07) is 0. The Morgan fingerprint density at radius 3 is 2.47 bits per heavy atom. The number of hydrogen-bond donors (Lipinski definition) is 2. The highest BCUT2D eigenvalue weighted by Gasteiger charge is 2.10. The van der Waals surface area contributed by atoms with E-state index in [1.807, 2.05) is 11.8 Å². The van der Waals surface area contributed by atoms with Gasteiger partial charge in [-0.3, -0.25) is 4.79 Å². The number of nitrogens with one attached hydrogen (secondary N) is 2. The Balaban J connectivity index is 3.34. The zero-order valence-electron chi connectivity index (χ0n) is 10.4. The molecule has 4 heteroatoms. The van der Waals surface area contributed by atoms with Crippen LogP contribution in [0, 0.1) is 0 Å². The van der Waals surface area contributed by atoms with Crippen LogP contribution in [-0.2, 0) is 4.79 Å². The van der Waals surface area contributed by atoms with Gasteiger partial charge in [-0.05, 0) is 45.6 Å². The molecule has 0 heterocycles. The first kappa shape index (κ1) is 14.8. The first-order chi connectivity index (χ1) is 6.95. The molecule has 0 saturated heterocycles. The quantitative estimate of drug-likeness (QED) is 0.656. The van der Waals surface area contributed by atoms with Crippen LogP contribution in [0.4, 0.5) is 0 Å². The molecule has 0 bridgehead atoms. The minimum absolute atomic E-state index is 0.0101. The van der Waals surface area contributed by atoms with Gasteiger partial charge >= 0.3 is 0 Å². The molecule has 0 spiro atoms. The number of unbranched alkanes of at least 4 members (excludes halogenated alkanes) is 1. The lowest BCUT2D eigenvalue weighted by Crippen LogP contribution is -2.43. The van der Waals surface area contributed by atoms with Crippen LogP contribution < -0.4 is 10.6 Å². The zero-order valence-corrected chi connectivity index (χ0v) is 11.2. The summed E-state index contributed by atoms with van der Waals surface area (Å²) in [5.41, 5.74) is 0.0101. The Bertz CT molecular complexity index is 178. The molecule has 0 aromatic carbocycles. The molecule has 0 aliphatic heterocycles. The van der Waals surface area contributed by atoms with Gasteiger partial charge in [0.2, 0.25) is 5.91 Å². The highest BCUT2D eigenvalue weighted by atomic mass is 32.2. The lowest BCUT2D eigenvalue weighted by atomic mass is 10.1. The monoisotopic (exact) mass is 232 g/mol. The van der Waals surface area contributed by atoms with Crippen molar-refractivity contribution in [2.24, 2.45) is 0 Å². The van der Waals surface area contributed by atoms with E-state index in [1.165, 1.54) is 12.2 Å². The van der Waals surface area contributed by atoms with Gasteiger partial charge < -0.3 is 10.6 Å². The molecule has 0 aliphatic rings. The third-order valence-corrected chi connectivity index (χ3v) is 2.57. The van der Waals surface area contributed by atoms with E-state index in [4.69, 9.17) is 0 Å². The smallest absolute Gasteiger partial charge is 0.233 e. The van der Waals surface area contributed by atoms with Gasteiger partial charge in [0.15, 0.2) is 0 Å². The average molecular weight is 232 g/mol. The van der Waals surface area contributed by atoms with Crippen molar-refractivity contribution < 1.29 is 4.79 Å². The van der Waals surface area contributed by atoms with Crippen molar-refractivity contribution in [2.75, 3.05) is 25.1 Å². The van der Waals surface area contributed by atoms with E-state index < -0.39 is 0 Å². The molecule has 0 rings (SSSR count). The third-order valence-electron chi connectivity index (χ3n) is 1.88. The SMILES string of the molecule is CSCCCCNC(=O)CNC(C)(C)C. The summed E-state index contributed by atoms with van der Waals surface area (Å²) in [7, 11) is 0. The van der Waals surface area contributed by atoms with Crippen LogP contribution in [-0.4, -0.2) is 36.5 Å². The predicted octanol–water partition coefficient (Wildman–Crippen LogP) is 1.63. The predicted molar refractivity (Wildman–Crippen MR) is 68.4 cm³/mol. The Morgan fingerprint density at radius 2 is 1.93 bits per heavy atom. The van der Waals surface area contributed by atoms with Gasteiger partial charge in [0, 0.05) is 12.1 Å². The molecule has 0 atom stereocenters. The molecule has 15 heavy (non-hydrogen) atoms. The lowest BCUT2D eigenvalue weighted by molar-refractivity contribution is -0.120. The molecule has 3 nitrogen and oxygen atoms in total. The van der Waals surface area contributed by atoms with Crippen LogP contribution >= 0.6 is 11.8 Å². The Kier molecular flexibility index (Phi) is 7.88. The second-order valence-electron chi connectivity index (χ2n) is 4.65. The zero-order chi connectivity index (χ0) is 11.7. The number of hydrogen-bond acceptors (Lipinski definition) is 3. The lowest BCUT2D eigenvalue weighted by Gasteiger charge is -2.19. The topological polar surface area (TPSA) is 41.1 Å². The summed E-state index contributed by atoms with van der Waals surface area (Å²) < 4.78 is 0. The number of rotatable bonds is 7. The van der Waals surface area contributed by atoms with E-state index in [-0.39, 0.29) is 11.4 Å². The first-order valence-electron chi connectivity index (χ1n) is 5.46. The maximum Gasteiger partial charge on any atom is 0.233 e. The van der Waals surface area contributed by atoms with Gasteiger partial charge in [-0.15, -0.1) is 0 Å². The maximum absolute atomic E-state index is 11.3. The minimum atomic E-state index is 0.0101.